The second-order valence-electron chi connectivity index (χ2n) is 1.82. The smallest absolute Gasteiger partial charge is 1.00 e. The van der Waals surface area contributed by atoms with Crippen LogP contribution in [0, 0.1) is 0 Å². The second kappa shape index (κ2) is 11.9. The van der Waals surface area contributed by atoms with E-state index in [0.29, 0.717) is 5.30 Å². The van der Waals surface area contributed by atoms with Crippen molar-refractivity contribution in [3.63, 3.8) is 0 Å². The normalized spacial score (nSPS) is 10.4. The quantitative estimate of drug-likeness (QED) is 0.301. The molecule has 0 amide bonds. The van der Waals surface area contributed by atoms with E-state index in [1.807, 2.05) is 0 Å². The van der Waals surface area contributed by atoms with Gasteiger partial charge >= 0.3 is 88.7 Å². The first-order valence-electron chi connectivity index (χ1n) is 2.77. The molecule has 0 heterocycles. The van der Waals surface area contributed by atoms with Crippen LogP contribution in [0.5, 0.6) is 0 Å². The van der Waals surface area contributed by atoms with Gasteiger partial charge in [-0.15, -0.1) is 0 Å². The largest absolute Gasteiger partial charge is 1.00 e. The zero-order valence-electron chi connectivity index (χ0n) is 11.4. The van der Waals surface area contributed by atoms with Crippen LogP contribution < -0.4 is 94.0 Å². The Morgan fingerprint density at radius 2 is 1.86 bits per heavy atom. The van der Waals surface area contributed by atoms with Gasteiger partial charge in [-0.2, -0.15) is 0 Å². The fourth-order valence-electron chi connectivity index (χ4n) is 0.644. The number of benzene rings is 1. The van der Waals surface area contributed by atoms with Crippen molar-refractivity contribution in [1.29, 1.82) is 0 Å². The van der Waals surface area contributed by atoms with Gasteiger partial charge in [0.25, 0.3) is 0 Å². The Hall–Kier alpha value is 2.43. The fourth-order valence-corrected chi connectivity index (χ4v) is 1.48. The summed E-state index contributed by atoms with van der Waals surface area (Å²) in [6.07, 6.45) is 0. The van der Waals surface area contributed by atoms with E-state index in [1.165, 1.54) is 12.1 Å². The molecule has 3 nitrogen and oxygen atoms in total. The summed E-state index contributed by atoms with van der Waals surface area (Å²) in [6.45, 7) is 0. The fraction of sp³-hybridized carbons (Fsp3) is 0. The van der Waals surface area contributed by atoms with E-state index >= 15 is 0 Å². The Bertz CT molecular complexity index is 322. The molecule has 0 radical (unpaired) electrons. The van der Waals surface area contributed by atoms with E-state index in [1.54, 1.807) is 12.1 Å². The molecule has 8 heteroatoms. The van der Waals surface area contributed by atoms with Crippen molar-refractivity contribution < 1.29 is 106 Å². The van der Waals surface area contributed by atoms with Crippen LogP contribution in [-0.4, -0.2) is 8.76 Å². The van der Waals surface area contributed by atoms with Crippen molar-refractivity contribution in [3.8, 4) is 0 Å². The van der Waals surface area contributed by atoms with Crippen molar-refractivity contribution in [1.82, 2.24) is 0 Å². The van der Waals surface area contributed by atoms with Crippen molar-refractivity contribution in [2.45, 2.75) is 4.90 Å². The Balaban J connectivity index is -0.0000000504. The van der Waals surface area contributed by atoms with Gasteiger partial charge in [0.1, 0.15) is 0 Å². The van der Waals surface area contributed by atoms with E-state index in [-0.39, 0.29) is 106 Å². The van der Waals surface area contributed by atoms with E-state index in [0.717, 1.165) is 0 Å². The van der Waals surface area contributed by atoms with Crippen molar-refractivity contribution >= 4 is 24.8 Å². The summed E-state index contributed by atoms with van der Waals surface area (Å²) in [6, 6.07) is 5.94. The van der Waals surface area contributed by atoms with Crippen LogP contribution in [0.25, 0.3) is 0 Å². The molecular formula is C6H7Na3O3PS-. The minimum absolute atomic E-state index is 0. The number of hydrogen-bond acceptors (Lipinski definition) is 3. The Morgan fingerprint density at radius 3 is 2.29 bits per heavy atom. The predicted octanol–water partition coefficient (Wildman–Crippen LogP) is -7.81. The average molecular weight is 259 g/mol. The van der Waals surface area contributed by atoms with Crippen LogP contribution in [0.1, 0.15) is 4.28 Å². The molecule has 1 atom stereocenters. The minimum atomic E-state index is -2.23. The SMILES string of the molecule is O=Pc1cccc(S(=O)[O-])c1.[H-].[H-].[H-].[Na+].[Na+].[Na+]. The summed E-state index contributed by atoms with van der Waals surface area (Å²) < 4.78 is 31.0. The molecule has 1 aromatic rings. The van der Waals surface area contributed by atoms with Crippen LogP contribution >= 0.6 is 8.46 Å². The maximum absolute atomic E-state index is 10.4. The van der Waals surface area contributed by atoms with E-state index in [4.69, 9.17) is 0 Å². The molecule has 0 aromatic heterocycles. The summed E-state index contributed by atoms with van der Waals surface area (Å²) >= 11 is -2.23. The van der Waals surface area contributed by atoms with Crippen LogP contribution in [-0.2, 0) is 15.6 Å². The Kier molecular flexibility index (Phi) is 18.4. The van der Waals surface area contributed by atoms with Crippen LogP contribution in [0.2, 0.25) is 0 Å². The molecule has 0 saturated heterocycles. The molecule has 0 aliphatic carbocycles. The molecule has 1 rings (SSSR count). The van der Waals surface area contributed by atoms with Gasteiger partial charge in [-0.3, -0.25) is 8.77 Å². The number of rotatable bonds is 2. The van der Waals surface area contributed by atoms with Gasteiger partial charge in [-0.1, -0.05) is 6.07 Å². The van der Waals surface area contributed by atoms with Gasteiger partial charge in [0, 0.05) is 10.2 Å². The summed E-state index contributed by atoms with van der Waals surface area (Å²) in [5.74, 6) is 0. The van der Waals surface area contributed by atoms with E-state index in [9.17, 15) is 13.3 Å². The number of hydrogen-bond donors (Lipinski definition) is 0. The first kappa shape index (κ1) is 21.7. The first-order valence-corrected chi connectivity index (χ1v) is 4.65. The van der Waals surface area contributed by atoms with Crippen molar-refractivity contribution in [2.24, 2.45) is 0 Å². The molecule has 1 unspecified atom stereocenters. The van der Waals surface area contributed by atoms with Gasteiger partial charge in [0.2, 0.25) is 0 Å². The van der Waals surface area contributed by atoms with Gasteiger partial charge in [-0.05, 0) is 29.3 Å². The van der Waals surface area contributed by atoms with Crippen molar-refractivity contribution in [2.75, 3.05) is 0 Å². The molecular weight excluding hydrogens is 252 g/mol. The molecule has 0 bridgehead atoms. The molecule has 0 aliphatic heterocycles. The molecule has 0 fully saturated rings. The minimum Gasteiger partial charge on any atom is -1.00 e. The predicted molar refractivity (Wildman–Crippen MR) is 44.2 cm³/mol. The Morgan fingerprint density at radius 1 is 1.29 bits per heavy atom. The maximum Gasteiger partial charge on any atom is 1.00 e. The molecule has 0 aliphatic rings. The topological polar surface area (TPSA) is 57.2 Å². The van der Waals surface area contributed by atoms with Gasteiger partial charge in [0.05, 0.1) is 0 Å². The van der Waals surface area contributed by atoms with Crippen molar-refractivity contribution in [3.05, 3.63) is 24.3 Å². The standard InChI is InChI=1S/C6H5O3PS.3Na.3H/c7-10-5-2-1-3-6(4-5)11(8)9;;;;;;/h1-4H,(H,8,9);;;;;;/q;3*+1;3*-1/p-1. The molecule has 0 saturated carbocycles. The van der Waals surface area contributed by atoms with Crippen LogP contribution in [0.15, 0.2) is 29.2 Å². The summed E-state index contributed by atoms with van der Waals surface area (Å²) in [5, 5.41) is 0.465. The second-order valence-corrected chi connectivity index (χ2v) is 3.46. The molecule has 14 heavy (non-hydrogen) atoms. The molecule has 0 spiro atoms. The summed E-state index contributed by atoms with van der Waals surface area (Å²) in [7, 11) is -0.164. The maximum atomic E-state index is 10.4. The third kappa shape index (κ3) is 7.66. The third-order valence-corrected chi connectivity index (χ3v) is 2.24. The van der Waals surface area contributed by atoms with E-state index < -0.39 is 11.1 Å². The van der Waals surface area contributed by atoms with Gasteiger partial charge in [-0.25, -0.2) is 0 Å². The van der Waals surface area contributed by atoms with Gasteiger partial charge < -0.3 is 8.83 Å². The van der Waals surface area contributed by atoms with Crippen LogP contribution in [0.3, 0.4) is 0 Å². The molecule has 1 aromatic carbocycles. The van der Waals surface area contributed by atoms with E-state index in [2.05, 4.69) is 0 Å². The van der Waals surface area contributed by atoms with Crippen LogP contribution in [0.4, 0.5) is 0 Å². The average Bonchev–Trinajstić information content (AvgIpc) is 2.05. The third-order valence-electron chi connectivity index (χ3n) is 1.12. The summed E-state index contributed by atoms with van der Waals surface area (Å²) in [5.41, 5.74) is 0. The first-order chi connectivity index (χ1) is 5.24. The zero-order chi connectivity index (χ0) is 8.27. The zero-order valence-corrected chi connectivity index (χ0v) is 16.1. The van der Waals surface area contributed by atoms with Gasteiger partial charge in [0.15, 0.2) is 8.46 Å². The molecule has 64 valence electrons. The molecule has 0 N–H and O–H groups in total. The monoisotopic (exact) mass is 259 g/mol. The summed E-state index contributed by atoms with van der Waals surface area (Å²) in [4.78, 5) is 0.158. The Labute approximate surface area is 158 Å².